The Morgan fingerprint density at radius 1 is 1.48 bits per heavy atom. The minimum Gasteiger partial charge on any atom is -0.381 e. The maximum atomic E-state index is 12.0. The molecular weight excluding hydrogens is 360 g/mol. The van der Waals surface area contributed by atoms with Gasteiger partial charge >= 0.3 is 0 Å². The van der Waals surface area contributed by atoms with Crippen molar-refractivity contribution < 1.29 is 17.9 Å². The number of hydrogen-bond acceptors (Lipinski definition) is 4. The van der Waals surface area contributed by atoms with Gasteiger partial charge in [-0.25, -0.2) is 13.6 Å². The van der Waals surface area contributed by atoms with E-state index in [1.807, 2.05) is 0 Å². The quantitative estimate of drug-likeness (QED) is 0.807. The summed E-state index contributed by atoms with van der Waals surface area (Å²) >= 11 is 3.11. The number of nitrogens with two attached hydrogens (primary N) is 1. The first-order valence-corrected chi connectivity index (χ1v) is 8.90. The van der Waals surface area contributed by atoms with E-state index >= 15 is 0 Å². The van der Waals surface area contributed by atoms with Gasteiger partial charge in [0.25, 0.3) is 5.91 Å². The maximum Gasteiger partial charge on any atom is 0.251 e. The van der Waals surface area contributed by atoms with Crippen LogP contribution in [-0.4, -0.2) is 34.1 Å². The van der Waals surface area contributed by atoms with E-state index in [4.69, 9.17) is 9.88 Å². The molecule has 8 heteroatoms. The van der Waals surface area contributed by atoms with Crippen LogP contribution in [0, 0.1) is 5.92 Å². The molecule has 1 saturated heterocycles. The molecule has 1 aromatic carbocycles. The summed E-state index contributed by atoms with van der Waals surface area (Å²) in [5.41, 5.74) is 0.268. The molecular formula is C13H17BrN2O4S. The first kappa shape index (κ1) is 16.4. The SMILES string of the molecule is NS(=O)(=O)c1cc(C(=O)NCCC2CCOC2)ccc1Br. The summed E-state index contributed by atoms with van der Waals surface area (Å²) in [6, 6.07) is 4.32. The fourth-order valence-electron chi connectivity index (χ4n) is 2.17. The number of ether oxygens (including phenoxy) is 1. The predicted octanol–water partition coefficient (Wildman–Crippen LogP) is 1.25. The largest absolute Gasteiger partial charge is 0.381 e. The van der Waals surface area contributed by atoms with E-state index in [0.29, 0.717) is 16.9 Å². The maximum absolute atomic E-state index is 12.0. The fourth-order valence-corrected chi connectivity index (χ4v) is 3.72. The van der Waals surface area contributed by atoms with Crippen molar-refractivity contribution in [2.24, 2.45) is 11.1 Å². The van der Waals surface area contributed by atoms with Crippen LogP contribution in [0.4, 0.5) is 0 Å². The van der Waals surface area contributed by atoms with Crippen LogP contribution in [0.2, 0.25) is 0 Å². The molecule has 3 N–H and O–H groups in total. The number of hydrogen-bond donors (Lipinski definition) is 2. The Hall–Kier alpha value is -0.960. The smallest absolute Gasteiger partial charge is 0.251 e. The van der Waals surface area contributed by atoms with Gasteiger partial charge in [0.1, 0.15) is 0 Å². The number of nitrogens with one attached hydrogen (secondary N) is 1. The Labute approximate surface area is 132 Å². The molecule has 2 rings (SSSR count). The van der Waals surface area contributed by atoms with Crippen LogP contribution in [-0.2, 0) is 14.8 Å². The molecule has 1 unspecified atom stereocenters. The Morgan fingerprint density at radius 2 is 2.24 bits per heavy atom. The van der Waals surface area contributed by atoms with Gasteiger partial charge in [-0.05, 0) is 52.9 Å². The van der Waals surface area contributed by atoms with E-state index in [0.717, 1.165) is 26.1 Å². The van der Waals surface area contributed by atoms with Crippen molar-refractivity contribution in [1.29, 1.82) is 0 Å². The lowest BCUT2D eigenvalue weighted by Crippen LogP contribution is -2.26. The third-order valence-corrected chi connectivity index (χ3v) is 5.27. The molecule has 116 valence electrons. The van der Waals surface area contributed by atoms with Gasteiger partial charge in [-0.1, -0.05) is 0 Å². The third kappa shape index (κ3) is 4.50. The zero-order valence-corrected chi connectivity index (χ0v) is 13.7. The van der Waals surface area contributed by atoms with Crippen LogP contribution in [0.5, 0.6) is 0 Å². The molecule has 1 atom stereocenters. The molecule has 1 aliphatic heterocycles. The van der Waals surface area contributed by atoms with Gasteiger partial charge in [-0.3, -0.25) is 4.79 Å². The van der Waals surface area contributed by atoms with Crippen LogP contribution >= 0.6 is 15.9 Å². The van der Waals surface area contributed by atoms with Gasteiger partial charge < -0.3 is 10.1 Å². The number of primary sulfonamides is 1. The molecule has 0 bridgehead atoms. The van der Waals surface area contributed by atoms with E-state index in [-0.39, 0.29) is 16.4 Å². The van der Waals surface area contributed by atoms with Crippen molar-refractivity contribution in [3.63, 3.8) is 0 Å². The lowest BCUT2D eigenvalue weighted by Gasteiger charge is -2.10. The highest BCUT2D eigenvalue weighted by molar-refractivity contribution is 9.10. The summed E-state index contributed by atoms with van der Waals surface area (Å²) in [5, 5.41) is 7.88. The van der Waals surface area contributed by atoms with Gasteiger partial charge in [-0.2, -0.15) is 0 Å². The van der Waals surface area contributed by atoms with Crippen molar-refractivity contribution in [1.82, 2.24) is 5.32 Å². The molecule has 0 spiro atoms. The van der Waals surface area contributed by atoms with Crippen LogP contribution in [0.1, 0.15) is 23.2 Å². The van der Waals surface area contributed by atoms with E-state index in [1.54, 1.807) is 6.07 Å². The number of carbonyl (C=O) groups is 1. The standard InChI is InChI=1S/C13H17BrN2O4S/c14-11-2-1-10(7-12(11)21(15,18)19)13(17)16-5-3-9-4-6-20-8-9/h1-2,7,9H,3-6,8H2,(H,16,17)(H2,15,18,19). The van der Waals surface area contributed by atoms with Crippen LogP contribution in [0.15, 0.2) is 27.6 Å². The summed E-state index contributed by atoms with van der Waals surface area (Å²) in [5.74, 6) is 0.168. The van der Waals surface area contributed by atoms with Gasteiger partial charge in [0.15, 0.2) is 0 Å². The highest BCUT2D eigenvalue weighted by atomic mass is 79.9. The number of carbonyl (C=O) groups excluding carboxylic acids is 1. The highest BCUT2D eigenvalue weighted by Gasteiger charge is 2.17. The van der Waals surface area contributed by atoms with Gasteiger partial charge in [-0.15, -0.1) is 0 Å². The number of rotatable bonds is 5. The monoisotopic (exact) mass is 376 g/mol. The topological polar surface area (TPSA) is 98.5 Å². The summed E-state index contributed by atoms with van der Waals surface area (Å²) in [4.78, 5) is 11.9. The molecule has 1 amide bonds. The first-order valence-electron chi connectivity index (χ1n) is 6.56. The Bertz CT molecular complexity index is 627. The summed E-state index contributed by atoms with van der Waals surface area (Å²) in [6.07, 6.45) is 1.87. The normalized spacial score (nSPS) is 18.7. The van der Waals surface area contributed by atoms with E-state index in [2.05, 4.69) is 21.2 Å². The van der Waals surface area contributed by atoms with Crippen molar-refractivity contribution in [2.75, 3.05) is 19.8 Å². The zero-order valence-electron chi connectivity index (χ0n) is 11.3. The zero-order chi connectivity index (χ0) is 15.5. The molecule has 1 heterocycles. The van der Waals surface area contributed by atoms with Crippen molar-refractivity contribution >= 4 is 31.9 Å². The van der Waals surface area contributed by atoms with Crippen LogP contribution in [0.25, 0.3) is 0 Å². The van der Waals surface area contributed by atoms with Crippen molar-refractivity contribution in [3.05, 3.63) is 28.2 Å². The lowest BCUT2D eigenvalue weighted by molar-refractivity contribution is 0.0950. The molecule has 0 saturated carbocycles. The average Bonchev–Trinajstić information content (AvgIpc) is 2.91. The van der Waals surface area contributed by atoms with Crippen molar-refractivity contribution in [2.45, 2.75) is 17.7 Å². The van der Waals surface area contributed by atoms with Gasteiger partial charge in [0.05, 0.1) is 4.90 Å². The molecule has 1 fully saturated rings. The number of benzene rings is 1. The molecule has 0 aromatic heterocycles. The highest BCUT2D eigenvalue weighted by Crippen LogP contribution is 2.22. The summed E-state index contributed by atoms with van der Waals surface area (Å²) < 4.78 is 28.4. The summed E-state index contributed by atoms with van der Waals surface area (Å²) in [6.45, 7) is 2.06. The van der Waals surface area contributed by atoms with E-state index in [9.17, 15) is 13.2 Å². The molecule has 1 aliphatic rings. The minimum atomic E-state index is -3.87. The van der Waals surface area contributed by atoms with Crippen LogP contribution < -0.4 is 10.5 Å². The summed E-state index contributed by atoms with van der Waals surface area (Å²) in [7, 11) is -3.87. The number of halogens is 1. The Balaban J connectivity index is 1.99. The average molecular weight is 377 g/mol. The molecule has 6 nitrogen and oxygen atoms in total. The Kier molecular flexibility index (Phi) is 5.37. The lowest BCUT2D eigenvalue weighted by atomic mass is 10.1. The van der Waals surface area contributed by atoms with Gasteiger partial charge in [0, 0.05) is 29.8 Å². The molecule has 21 heavy (non-hydrogen) atoms. The fraction of sp³-hybridized carbons (Fsp3) is 0.462. The predicted molar refractivity (Wildman–Crippen MR) is 81.4 cm³/mol. The van der Waals surface area contributed by atoms with Crippen LogP contribution in [0.3, 0.4) is 0 Å². The first-order chi connectivity index (χ1) is 9.88. The molecule has 0 radical (unpaired) electrons. The second-order valence-corrected chi connectivity index (χ2v) is 7.35. The van der Waals surface area contributed by atoms with Crippen molar-refractivity contribution in [3.8, 4) is 0 Å². The third-order valence-electron chi connectivity index (χ3n) is 3.36. The second kappa shape index (κ2) is 6.87. The van der Waals surface area contributed by atoms with E-state index < -0.39 is 10.0 Å². The number of sulfonamides is 1. The number of amides is 1. The minimum absolute atomic E-state index is 0.0978. The van der Waals surface area contributed by atoms with Gasteiger partial charge in [0.2, 0.25) is 10.0 Å². The molecule has 0 aliphatic carbocycles. The van der Waals surface area contributed by atoms with E-state index in [1.165, 1.54) is 12.1 Å². The molecule has 1 aromatic rings. The Morgan fingerprint density at radius 3 is 2.86 bits per heavy atom. The second-order valence-electron chi connectivity index (χ2n) is 4.96.